The molecular formula is C16H15N7O4S. The van der Waals surface area contributed by atoms with Gasteiger partial charge in [-0.1, -0.05) is 12.1 Å². The molecule has 1 aromatic carbocycles. The molecule has 2 amide bonds. The number of para-hydroxylation sites is 1. The Morgan fingerprint density at radius 2 is 2.00 bits per heavy atom. The van der Waals surface area contributed by atoms with Gasteiger partial charge < -0.3 is 10.1 Å². The van der Waals surface area contributed by atoms with Crippen molar-refractivity contribution in [2.45, 2.75) is 13.5 Å². The first-order chi connectivity index (χ1) is 13.5. The van der Waals surface area contributed by atoms with Crippen LogP contribution in [-0.2, 0) is 20.9 Å². The van der Waals surface area contributed by atoms with Crippen LogP contribution in [0.3, 0.4) is 0 Å². The molecule has 11 nitrogen and oxygen atoms in total. The van der Waals surface area contributed by atoms with Crippen LogP contribution in [0.5, 0.6) is 0 Å². The Bertz CT molecular complexity index is 987. The van der Waals surface area contributed by atoms with Gasteiger partial charge in [0.15, 0.2) is 11.7 Å². The monoisotopic (exact) mass is 401 g/mol. The Hall–Kier alpha value is -3.67. The summed E-state index contributed by atoms with van der Waals surface area (Å²) in [7, 11) is 0. The van der Waals surface area contributed by atoms with Gasteiger partial charge in [0.05, 0.1) is 16.9 Å². The average molecular weight is 401 g/mol. The zero-order valence-electron chi connectivity index (χ0n) is 14.7. The van der Waals surface area contributed by atoms with E-state index < -0.39 is 24.4 Å². The van der Waals surface area contributed by atoms with Gasteiger partial charge in [0.1, 0.15) is 12.9 Å². The van der Waals surface area contributed by atoms with E-state index in [1.165, 1.54) is 28.4 Å². The molecule has 3 aromatic rings. The van der Waals surface area contributed by atoms with Crippen LogP contribution in [0.4, 0.5) is 10.8 Å². The van der Waals surface area contributed by atoms with E-state index in [4.69, 9.17) is 4.74 Å². The molecule has 3 rings (SSSR count). The Kier molecular flexibility index (Phi) is 6.01. The molecule has 0 fully saturated rings. The van der Waals surface area contributed by atoms with E-state index in [2.05, 4.69) is 31.1 Å². The number of rotatable bonds is 7. The molecule has 2 N–H and O–H groups in total. The maximum absolute atomic E-state index is 12.3. The van der Waals surface area contributed by atoms with Gasteiger partial charge in [-0.25, -0.2) is 14.5 Å². The second kappa shape index (κ2) is 8.81. The lowest BCUT2D eigenvalue weighted by Gasteiger charge is -2.10. The quantitative estimate of drug-likeness (QED) is 0.556. The highest BCUT2D eigenvalue weighted by Crippen LogP contribution is 2.17. The van der Waals surface area contributed by atoms with E-state index in [1.807, 2.05) is 0 Å². The number of esters is 1. The number of benzene rings is 1. The van der Waals surface area contributed by atoms with Crippen molar-refractivity contribution in [3.63, 3.8) is 0 Å². The summed E-state index contributed by atoms with van der Waals surface area (Å²) in [6, 6.07) is 6.30. The number of nitrogens with zero attached hydrogens (tertiary/aromatic N) is 5. The maximum Gasteiger partial charge on any atom is 0.340 e. The number of thiazole rings is 1. The van der Waals surface area contributed by atoms with Crippen molar-refractivity contribution in [1.29, 1.82) is 0 Å². The van der Waals surface area contributed by atoms with Crippen molar-refractivity contribution in [2.24, 2.45) is 0 Å². The van der Waals surface area contributed by atoms with Crippen LogP contribution >= 0.6 is 11.3 Å². The molecule has 0 bridgehead atoms. The fourth-order valence-corrected chi connectivity index (χ4v) is 2.84. The van der Waals surface area contributed by atoms with E-state index in [-0.39, 0.29) is 17.8 Å². The first kappa shape index (κ1) is 19.1. The Labute approximate surface area is 162 Å². The topological polar surface area (TPSA) is 141 Å². The summed E-state index contributed by atoms with van der Waals surface area (Å²) in [6.07, 6.45) is 1.29. The number of carbonyl (C=O) groups is 3. The van der Waals surface area contributed by atoms with Crippen molar-refractivity contribution >= 4 is 39.9 Å². The van der Waals surface area contributed by atoms with Crippen molar-refractivity contribution in [1.82, 2.24) is 25.2 Å². The molecule has 0 atom stereocenters. The molecule has 0 saturated heterocycles. The first-order valence-electron chi connectivity index (χ1n) is 8.00. The summed E-state index contributed by atoms with van der Waals surface area (Å²) in [4.78, 5) is 40.4. The summed E-state index contributed by atoms with van der Waals surface area (Å²) in [5.41, 5.74) is 1.15. The van der Waals surface area contributed by atoms with E-state index in [1.54, 1.807) is 30.5 Å². The molecule has 0 aliphatic rings. The average Bonchev–Trinajstić information content (AvgIpc) is 3.32. The zero-order valence-corrected chi connectivity index (χ0v) is 15.5. The van der Waals surface area contributed by atoms with Gasteiger partial charge in [-0.05, 0) is 29.5 Å². The summed E-state index contributed by atoms with van der Waals surface area (Å²) in [5, 5.41) is 17.8. The number of aromatic nitrogens is 5. The fourth-order valence-electron chi connectivity index (χ4n) is 2.14. The van der Waals surface area contributed by atoms with Crippen molar-refractivity contribution < 1.29 is 19.1 Å². The van der Waals surface area contributed by atoms with Crippen LogP contribution in [-0.4, -0.2) is 49.6 Å². The van der Waals surface area contributed by atoms with Crippen molar-refractivity contribution in [3.8, 4) is 0 Å². The standard InChI is InChI=1S/C16H15N7O4S/c1-10-8-28-16(18-10)20-14(25)7-27-15(26)11-4-2-3-5-12(11)19-13(24)6-23-9-17-21-22-23/h2-5,8-9H,6-7H2,1H3,(H,19,24)(H,18,20,25). The van der Waals surface area contributed by atoms with E-state index in [0.29, 0.717) is 5.13 Å². The predicted molar refractivity (Wildman–Crippen MR) is 98.7 cm³/mol. The van der Waals surface area contributed by atoms with Gasteiger partial charge in [0.25, 0.3) is 5.91 Å². The lowest BCUT2D eigenvalue weighted by molar-refractivity contribution is -0.119. The van der Waals surface area contributed by atoms with Crippen LogP contribution in [0.25, 0.3) is 0 Å². The highest BCUT2D eigenvalue weighted by atomic mass is 32.1. The minimum Gasteiger partial charge on any atom is -0.452 e. The van der Waals surface area contributed by atoms with Crippen LogP contribution in [0.15, 0.2) is 36.0 Å². The summed E-state index contributed by atoms with van der Waals surface area (Å²) in [5.74, 6) is -1.68. The van der Waals surface area contributed by atoms with Crippen LogP contribution in [0.1, 0.15) is 16.1 Å². The first-order valence-corrected chi connectivity index (χ1v) is 8.88. The molecule has 0 spiro atoms. The molecule has 2 heterocycles. The minimum atomic E-state index is -0.746. The number of hydrogen-bond donors (Lipinski definition) is 2. The molecule has 0 aliphatic heterocycles. The van der Waals surface area contributed by atoms with Gasteiger partial charge in [0.2, 0.25) is 5.91 Å². The van der Waals surface area contributed by atoms with Crippen LogP contribution in [0, 0.1) is 6.92 Å². The molecule has 144 valence electrons. The maximum atomic E-state index is 12.3. The van der Waals surface area contributed by atoms with E-state index in [0.717, 1.165) is 5.69 Å². The molecule has 0 aliphatic carbocycles. The smallest absolute Gasteiger partial charge is 0.340 e. The SMILES string of the molecule is Cc1csc(NC(=O)COC(=O)c2ccccc2NC(=O)Cn2cnnn2)n1. The van der Waals surface area contributed by atoms with Crippen LogP contribution < -0.4 is 10.6 Å². The molecule has 0 unspecified atom stereocenters. The number of nitrogens with one attached hydrogen (secondary N) is 2. The third kappa shape index (κ3) is 5.17. The van der Waals surface area contributed by atoms with Gasteiger partial charge in [-0.3, -0.25) is 14.9 Å². The van der Waals surface area contributed by atoms with Gasteiger partial charge in [0, 0.05) is 5.38 Å². The van der Waals surface area contributed by atoms with E-state index >= 15 is 0 Å². The predicted octanol–water partition coefficient (Wildman–Crippen LogP) is 0.872. The third-order valence-corrected chi connectivity index (χ3v) is 4.19. The molecule has 28 heavy (non-hydrogen) atoms. The molecule has 0 saturated carbocycles. The summed E-state index contributed by atoms with van der Waals surface area (Å²) in [6.45, 7) is 1.20. The van der Waals surface area contributed by atoms with Gasteiger partial charge >= 0.3 is 5.97 Å². The number of anilines is 2. The number of aryl methyl sites for hydroxylation is 1. The largest absolute Gasteiger partial charge is 0.452 e. The lowest BCUT2D eigenvalue weighted by Crippen LogP contribution is -2.23. The number of hydrogen-bond acceptors (Lipinski definition) is 9. The Morgan fingerprint density at radius 3 is 2.71 bits per heavy atom. The molecule has 12 heteroatoms. The number of carbonyl (C=O) groups excluding carboxylic acids is 3. The highest BCUT2D eigenvalue weighted by molar-refractivity contribution is 7.13. The molecular weight excluding hydrogens is 386 g/mol. The lowest BCUT2D eigenvalue weighted by atomic mass is 10.2. The second-order valence-corrected chi connectivity index (χ2v) is 6.38. The minimum absolute atomic E-state index is 0.116. The van der Waals surface area contributed by atoms with Crippen molar-refractivity contribution in [3.05, 3.63) is 47.2 Å². The normalized spacial score (nSPS) is 10.3. The Balaban J connectivity index is 1.57. The summed E-state index contributed by atoms with van der Waals surface area (Å²) >= 11 is 1.27. The third-order valence-electron chi connectivity index (χ3n) is 3.32. The van der Waals surface area contributed by atoms with E-state index in [9.17, 15) is 14.4 Å². The molecule has 0 radical (unpaired) electrons. The van der Waals surface area contributed by atoms with Gasteiger partial charge in [-0.2, -0.15) is 0 Å². The molecule has 2 aromatic heterocycles. The number of ether oxygens (including phenoxy) is 1. The number of tetrazole rings is 1. The number of amides is 2. The fraction of sp³-hybridized carbons (Fsp3) is 0.188. The van der Waals surface area contributed by atoms with Gasteiger partial charge in [-0.15, -0.1) is 16.4 Å². The van der Waals surface area contributed by atoms with Crippen molar-refractivity contribution in [2.75, 3.05) is 17.2 Å². The van der Waals surface area contributed by atoms with Crippen LogP contribution in [0.2, 0.25) is 0 Å². The highest BCUT2D eigenvalue weighted by Gasteiger charge is 2.16. The summed E-state index contributed by atoms with van der Waals surface area (Å²) < 4.78 is 6.27. The second-order valence-electron chi connectivity index (χ2n) is 5.52. The Morgan fingerprint density at radius 1 is 1.18 bits per heavy atom. The zero-order chi connectivity index (χ0) is 19.9.